The summed E-state index contributed by atoms with van der Waals surface area (Å²) < 4.78 is 21.2. The van der Waals surface area contributed by atoms with Gasteiger partial charge in [0.1, 0.15) is 12.1 Å². The van der Waals surface area contributed by atoms with Crippen molar-refractivity contribution < 1.29 is 67.8 Å². The number of methoxy groups -OCH3 is 2. The van der Waals surface area contributed by atoms with Crippen molar-refractivity contribution in [3.63, 3.8) is 0 Å². The topological polar surface area (TPSA) is 241 Å². The third-order valence-electron chi connectivity index (χ3n) is 7.03. The first-order chi connectivity index (χ1) is 25.9. The van der Waals surface area contributed by atoms with Gasteiger partial charge >= 0.3 is 17.9 Å². The number of hydrogen-bond donors (Lipinski definition) is 5. The maximum Gasteiger partial charge on any atom is 0.334 e. The van der Waals surface area contributed by atoms with Crippen LogP contribution in [-0.2, 0) is 33.6 Å². The van der Waals surface area contributed by atoms with E-state index in [2.05, 4.69) is 10.6 Å². The van der Waals surface area contributed by atoms with Gasteiger partial charge in [0.15, 0.2) is 50.5 Å². The van der Waals surface area contributed by atoms with E-state index in [1.807, 2.05) is 0 Å². The lowest BCUT2D eigenvalue weighted by atomic mass is 10.1. The number of allylic oxidation sites excluding steroid dienone is 2. The van der Waals surface area contributed by atoms with E-state index in [9.17, 15) is 43.8 Å². The second kappa shape index (κ2) is 23.3. The predicted molar refractivity (Wildman–Crippen MR) is 199 cm³/mol. The fourth-order valence-electron chi connectivity index (χ4n) is 4.32. The zero-order valence-corrected chi connectivity index (χ0v) is 32.1. The first-order valence-electron chi connectivity index (χ1n) is 15.9. The molecule has 0 heterocycles. The lowest BCUT2D eigenvalue weighted by molar-refractivity contribution is -0.141. The summed E-state index contributed by atoms with van der Waals surface area (Å²) in [5, 5.41) is 31.8. The molecule has 55 heavy (non-hydrogen) atoms. The Balaban J connectivity index is 2.07. The number of amides is 2. The normalized spacial score (nSPS) is 12.4. The molecule has 2 aromatic rings. The summed E-state index contributed by atoms with van der Waals surface area (Å²) in [5.41, 5.74) is 0.852. The van der Waals surface area contributed by atoms with Crippen molar-refractivity contribution in [1.29, 1.82) is 0 Å². The number of carbonyl (C=O) groups is 7. The van der Waals surface area contributed by atoms with E-state index in [0.29, 0.717) is 11.1 Å². The van der Waals surface area contributed by atoms with E-state index < -0.39 is 82.2 Å². The molecule has 2 rings (SSSR count). The molecule has 0 radical (unpaired) electrons. The molecule has 0 aliphatic heterocycles. The summed E-state index contributed by atoms with van der Waals surface area (Å²) >= 11 is 22.1. The molecule has 0 aliphatic carbocycles. The number of aliphatic hydroxyl groups excluding tert-OH is 1. The van der Waals surface area contributed by atoms with Crippen LogP contribution in [0, 0.1) is 0 Å². The first-order valence-corrected chi connectivity index (χ1v) is 17.6. The molecule has 0 saturated heterocycles. The summed E-state index contributed by atoms with van der Waals surface area (Å²) in [7, 11) is 2.58. The summed E-state index contributed by atoms with van der Waals surface area (Å²) in [5.74, 6) is -6.14. The molecule has 0 aromatic heterocycles. The Kier molecular flexibility index (Phi) is 19.6. The summed E-state index contributed by atoms with van der Waals surface area (Å²) in [4.78, 5) is 82.5. The average Bonchev–Trinajstić information content (AvgIpc) is 3.13. The minimum absolute atomic E-state index is 0.0537. The number of carbonyl (C=O) groups excluding carboxylic acids is 6. The van der Waals surface area contributed by atoms with Gasteiger partial charge in [-0.15, -0.1) is 0 Å². The standard InChI is InChI=1S/C35H36Cl4N2O14/c1-52-26-15-18(5-11-24(26)54-34(50)22(9-13-28(44)45)40-32(48)30(36)37)3-7-20(42)17-21(43)8-4-19-6-12-25(27(16-19)53-2)55-35(51)23(10-14-29(46)47)41-33(49)31(38)39/h3-8,11-12,15-16,22-23,28,30-31,44-45H,9-10,13-14,17H2,1-2H3,(H,40,48)(H,41,49)(H,46,47)/b7-3+,8-4+/t22-,23-/m0/s1. The fraction of sp³-hybridized carbons (Fsp3) is 0.343. The number of aliphatic hydroxyl groups is 2. The molecular formula is C35H36Cl4N2O14. The van der Waals surface area contributed by atoms with Crippen molar-refractivity contribution in [2.75, 3.05) is 14.2 Å². The largest absolute Gasteiger partial charge is 0.493 e. The third-order valence-corrected chi connectivity index (χ3v) is 7.82. The van der Waals surface area contributed by atoms with Crippen LogP contribution in [0.2, 0.25) is 0 Å². The highest BCUT2D eigenvalue weighted by atomic mass is 35.5. The SMILES string of the molecule is COc1cc(/C=C/C(=O)CC(=O)/C=C/c2ccc(OC(=O)[C@H](CCC(O)O)NC(=O)C(Cl)Cl)c(OC)c2)ccc1OC(=O)[C@H](CCC(=O)O)NC(=O)C(Cl)Cl. The number of nitrogens with one attached hydrogen (secondary N) is 2. The van der Waals surface area contributed by atoms with Gasteiger partial charge in [0.25, 0.3) is 11.8 Å². The lowest BCUT2D eigenvalue weighted by Crippen LogP contribution is -2.45. The summed E-state index contributed by atoms with van der Waals surface area (Å²) in [6.07, 6.45) is 1.57. The zero-order valence-electron chi connectivity index (χ0n) is 29.0. The lowest BCUT2D eigenvalue weighted by Gasteiger charge is -2.19. The van der Waals surface area contributed by atoms with Crippen LogP contribution in [-0.4, -0.2) is 98.9 Å². The van der Waals surface area contributed by atoms with Crippen LogP contribution >= 0.6 is 46.4 Å². The Bertz CT molecular complexity index is 1780. The van der Waals surface area contributed by atoms with Gasteiger partial charge in [-0.3, -0.25) is 24.0 Å². The molecule has 2 aromatic carbocycles. The van der Waals surface area contributed by atoms with Crippen LogP contribution in [0.3, 0.4) is 0 Å². The molecule has 0 unspecified atom stereocenters. The molecule has 0 fully saturated rings. The molecule has 298 valence electrons. The van der Waals surface area contributed by atoms with Crippen LogP contribution < -0.4 is 29.6 Å². The second-order valence-electron chi connectivity index (χ2n) is 11.2. The number of halogens is 4. The maximum absolute atomic E-state index is 12.8. The highest BCUT2D eigenvalue weighted by Crippen LogP contribution is 2.30. The van der Waals surface area contributed by atoms with Crippen LogP contribution in [0.5, 0.6) is 23.0 Å². The predicted octanol–water partition coefficient (Wildman–Crippen LogP) is 3.30. The minimum atomic E-state index is -1.76. The first kappa shape index (κ1) is 46.4. The Morgan fingerprint density at radius 3 is 1.44 bits per heavy atom. The van der Waals surface area contributed by atoms with E-state index in [4.69, 9.17) is 70.5 Å². The number of aliphatic carboxylic acids is 1. The van der Waals surface area contributed by atoms with Crippen molar-refractivity contribution in [3.05, 3.63) is 59.7 Å². The van der Waals surface area contributed by atoms with Gasteiger partial charge in [0, 0.05) is 12.8 Å². The number of alkyl halides is 4. The van der Waals surface area contributed by atoms with Gasteiger partial charge in [0.2, 0.25) is 0 Å². The molecule has 0 saturated carbocycles. The van der Waals surface area contributed by atoms with E-state index in [1.54, 1.807) is 0 Å². The van der Waals surface area contributed by atoms with Crippen molar-refractivity contribution in [2.45, 2.75) is 60.2 Å². The number of esters is 2. The highest BCUT2D eigenvalue weighted by Gasteiger charge is 2.28. The third kappa shape index (κ3) is 16.7. The number of ketones is 2. The number of benzene rings is 2. The van der Waals surface area contributed by atoms with E-state index in [0.717, 1.165) is 12.2 Å². The van der Waals surface area contributed by atoms with Gasteiger partial charge in [-0.1, -0.05) is 70.7 Å². The highest BCUT2D eigenvalue weighted by molar-refractivity contribution is 6.54. The monoisotopic (exact) mass is 848 g/mol. The van der Waals surface area contributed by atoms with Crippen LogP contribution in [0.25, 0.3) is 12.2 Å². The molecule has 0 aliphatic rings. The smallest absolute Gasteiger partial charge is 0.334 e. The second-order valence-corrected chi connectivity index (χ2v) is 13.3. The Morgan fingerprint density at radius 2 is 1.07 bits per heavy atom. The molecule has 2 amide bonds. The van der Waals surface area contributed by atoms with Crippen LogP contribution in [0.15, 0.2) is 48.6 Å². The molecule has 16 nitrogen and oxygen atoms in total. The number of hydrogen-bond acceptors (Lipinski definition) is 13. The quantitative estimate of drug-likeness (QED) is 0.0285. The Labute approximate surface area is 334 Å². The molecule has 20 heteroatoms. The maximum atomic E-state index is 12.8. The zero-order chi connectivity index (χ0) is 41.2. The average molecular weight is 850 g/mol. The van der Waals surface area contributed by atoms with Gasteiger partial charge in [0.05, 0.1) is 20.6 Å². The molecular weight excluding hydrogens is 814 g/mol. The van der Waals surface area contributed by atoms with E-state index >= 15 is 0 Å². The number of ether oxygens (including phenoxy) is 4. The van der Waals surface area contributed by atoms with Crippen molar-refractivity contribution in [1.82, 2.24) is 10.6 Å². The van der Waals surface area contributed by atoms with E-state index in [-0.39, 0.29) is 42.3 Å². The van der Waals surface area contributed by atoms with Gasteiger partial charge < -0.3 is 44.9 Å². The van der Waals surface area contributed by atoms with Gasteiger partial charge in [-0.05, 0) is 60.4 Å². The minimum Gasteiger partial charge on any atom is -0.493 e. The number of rotatable bonds is 22. The van der Waals surface area contributed by atoms with Crippen molar-refractivity contribution in [3.8, 4) is 23.0 Å². The molecule has 0 spiro atoms. The van der Waals surface area contributed by atoms with Gasteiger partial charge in [-0.25, -0.2) is 9.59 Å². The number of carboxylic acids is 1. The van der Waals surface area contributed by atoms with Gasteiger partial charge in [-0.2, -0.15) is 0 Å². The summed E-state index contributed by atoms with van der Waals surface area (Å²) in [6, 6.07) is 5.78. The van der Waals surface area contributed by atoms with Crippen molar-refractivity contribution >= 4 is 99.8 Å². The van der Waals surface area contributed by atoms with E-state index in [1.165, 1.54) is 62.8 Å². The van der Waals surface area contributed by atoms with Crippen LogP contribution in [0.4, 0.5) is 0 Å². The van der Waals surface area contributed by atoms with Crippen molar-refractivity contribution in [2.24, 2.45) is 0 Å². The Morgan fingerprint density at radius 1 is 0.655 bits per heavy atom. The van der Waals surface area contributed by atoms with Crippen LogP contribution in [0.1, 0.15) is 43.2 Å². The number of carboxylic acid groups (broad SMARTS) is 1. The summed E-state index contributed by atoms with van der Waals surface area (Å²) in [6.45, 7) is 0. The molecule has 5 N–H and O–H groups in total. The molecule has 2 atom stereocenters. The molecule has 0 bridgehead atoms. The Hall–Kier alpha value is -4.71. The fourth-order valence-corrected chi connectivity index (χ4v) is 4.57.